The van der Waals surface area contributed by atoms with Gasteiger partial charge in [-0.1, -0.05) is 207 Å². The molecule has 0 aromatic heterocycles. The lowest BCUT2D eigenvalue weighted by molar-refractivity contribution is 0.365. The van der Waals surface area contributed by atoms with Gasteiger partial charge in [-0.2, -0.15) is 0 Å². The molecular weight excluding hydrogens is 408 g/mol. The third-order valence-electron chi connectivity index (χ3n) is 8.27. The van der Waals surface area contributed by atoms with Gasteiger partial charge in [-0.25, -0.2) is 0 Å². The maximum Gasteiger partial charge on any atom is -0.0414 e. The van der Waals surface area contributed by atoms with E-state index in [4.69, 9.17) is 0 Å². The Bertz CT molecular complexity index is 346. The first-order valence-corrected chi connectivity index (χ1v) is 16.7. The fourth-order valence-corrected chi connectivity index (χ4v) is 5.84. The van der Waals surface area contributed by atoms with Crippen LogP contribution in [0.5, 0.6) is 0 Å². The monoisotopic (exact) mass is 479 g/mol. The molecule has 206 valence electrons. The molecule has 0 aromatic carbocycles. The second-order valence-corrected chi connectivity index (χ2v) is 12.0. The van der Waals surface area contributed by atoms with Gasteiger partial charge in [0.2, 0.25) is 0 Å². The van der Waals surface area contributed by atoms with Crippen molar-refractivity contribution in [3.8, 4) is 0 Å². The van der Waals surface area contributed by atoms with Crippen LogP contribution in [-0.4, -0.2) is 0 Å². The molecule has 0 aliphatic heterocycles. The van der Waals surface area contributed by atoms with Crippen LogP contribution in [0.3, 0.4) is 0 Å². The molecule has 2 unspecified atom stereocenters. The zero-order valence-corrected chi connectivity index (χ0v) is 25.0. The summed E-state index contributed by atoms with van der Waals surface area (Å²) in [5.41, 5.74) is 0. The van der Waals surface area contributed by atoms with Crippen LogP contribution in [0.2, 0.25) is 0 Å². The van der Waals surface area contributed by atoms with E-state index in [-0.39, 0.29) is 0 Å². The summed E-state index contributed by atoms with van der Waals surface area (Å²) >= 11 is 0. The molecule has 0 aliphatic rings. The summed E-state index contributed by atoms with van der Waals surface area (Å²) < 4.78 is 0. The van der Waals surface area contributed by atoms with Crippen LogP contribution in [0, 0.1) is 11.8 Å². The predicted octanol–water partition coefficient (Wildman–Crippen LogP) is 13.2. The van der Waals surface area contributed by atoms with E-state index in [9.17, 15) is 0 Å². The predicted molar refractivity (Wildman–Crippen MR) is 159 cm³/mol. The van der Waals surface area contributed by atoms with E-state index in [1.807, 2.05) is 0 Å². The lowest BCUT2D eigenvalue weighted by atomic mass is 9.89. The molecular formula is C34H70. The summed E-state index contributed by atoms with van der Waals surface area (Å²) in [6, 6.07) is 0. The highest BCUT2D eigenvalue weighted by Gasteiger charge is 2.09. The zero-order chi connectivity index (χ0) is 25.0. The number of unbranched alkanes of at least 4 members (excludes halogenated alkanes) is 19. The number of hydrogen-bond acceptors (Lipinski definition) is 0. The van der Waals surface area contributed by atoms with Crippen molar-refractivity contribution in [3.63, 3.8) is 0 Å². The molecule has 0 saturated carbocycles. The average Bonchev–Trinajstić information content (AvgIpc) is 2.83. The molecule has 0 N–H and O–H groups in total. The highest BCUT2D eigenvalue weighted by Crippen LogP contribution is 2.25. The Morgan fingerprint density at radius 3 is 0.912 bits per heavy atom. The van der Waals surface area contributed by atoms with Gasteiger partial charge in [0.05, 0.1) is 0 Å². The molecule has 0 radical (unpaired) electrons. The first-order chi connectivity index (χ1) is 16.7. The molecule has 0 spiro atoms. The third kappa shape index (κ3) is 26.6. The summed E-state index contributed by atoms with van der Waals surface area (Å²) in [4.78, 5) is 0. The van der Waals surface area contributed by atoms with Crippen molar-refractivity contribution in [2.45, 2.75) is 207 Å². The van der Waals surface area contributed by atoms with Gasteiger partial charge in [-0.05, 0) is 11.8 Å². The maximum absolute atomic E-state index is 2.44. The van der Waals surface area contributed by atoms with Gasteiger partial charge in [0.25, 0.3) is 0 Å². The third-order valence-corrected chi connectivity index (χ3v) is 8.27. The van der Waals surface area contributed by atoms with Crippen LogP contribution in [-0.2, 0) is 0 Å². The van der Waals surface area contributed by atoms with Crippen LogP contribution in [0.15, 0.2) is 0 Å². The van der Waals surface area contributed by atoms with Gasteiger partial charge in [0.15, 0.2) is 0 Å². The lowest BCUT2D eigenvalue weighted by Crippen LogP contribution is -2.01. The van der Waals surface area contributed by atoms with Crippen molar-refractivity contribution in [2.75, 3.05) is 0 Å². The first kappa shape index (κ1) is 34.0. The molecule has 0 bridgehead atoms. The Labute approximate surface area is 219 Å². The van der Waals surface area contributed by atoms with Crippen molar-refractivity contribution in [3.05, 3.63) is 0 Å². The SMILES string of the molecule is CCCCCCCCCC(CCCCCCCC)CCCCCCCCCCCC(C)CCC. The van der Waals surface area contributed by atoms with E-state index in [0.717, 1.165) is 11.8 Å². The highest BCUT2D eigenvalue weighted by molar-refractivity contribution is 4.62. The molecule has 0 aliphatic carbocycles. The van der Waals surface area contributed by atoms with E-state index in [2.05, 4.69) is 27.7 Å². The van der Waals surface area contributed by atoms with Crippen molar-refractivity contribution in [2.24, 2.45) is 11.8 Å². The normalized spacial score (nSPS) is 13.4. The Balaban J connectivity index is 3.75. The van der Waals surface area contributed by atoms with E-state index in [1.165, 1.54) is 180 Å². The summed E-state index contributed by atoms with van der Waals surface area (Å²) in [5, 5.41) is 0. The van der Waals surface area contributed by atoms with Crippen molar-refractivity contribution in [1.29, 1.82) is 0 Å². The topological polar surface area (TPSA) is 0 Å². The lowest BCUT2D eigenvalue weighted by Gasteiger charge is -2.17. The van der Waals surface area contributed by atoms with Crippen LogP contribution in [0.1, 0.15) is 207 Å². The first-order valence-electron chi connectivity index (χ1n) is 16.7. The van der Waals surface area contributed by atoms with E-state index >= 15 is 0 Å². The molecule has 2 atom stereocenters. The minimum Gasteiger partial charge on any atom is -0.0654 e. The Hall–Kier alpha value is 0. The zero-order valence-electron chi connectivity index (χ0n) is 25.0. The minimum absolute atomic E-state index is 0.959. The second kappa shape index (κ2) is 29.2. The number of rotatable bonds is 29. The molecule has 0 heteroatoms. The molecule has 0 fully saturated rings. The molecule has 0 heterocycles. The van der Waals surface area contributed by atoms with E-state index in [1.54, 1.807) is 0 Å². The summed E-state index contributed by atoms with van der Waals surface area (Å²) in [7, 11) is 0. The largest absolute Gasteiger partial charge is 0.0654 e. The van der Waals surface area contributed by atoms with Crippen LogP contribution >= 0.6 is 0 Å². The van der Waals surface area contributed by atoms with Crippen molar-refractivity contribution in [1.82, 2.24) is 0 Å². The van der Waals surface area contributed by atoms with Crippen molar-refractivity contribution < 1.29 is 0 Å². The van der Waals surface area contributed by atoms with Crippen molar-refractivity contribution >= 4 is 0 Å². The van der Waals surface area contributed by atoms with E-state index < -0.39 is 0 Å². The molecule has 0 saturated heterocycles. The van der Waals surface area contributed by atoms with Crippen LogP contribution in [0.4, 0.5) is 0 Å². The van der Waals surface area contributed by atoms with Crippen LogP contribution < -0.4 is 0 Å². The van der Waals surface area contributed by atoms with Gasteiger partial charge in [0, 0.05) is 0 Å². The number of hydrogen-bond donors (Lipinski definition) is 0. The van der Waals surface area contributed by atoms with Gasteiger partial charge in [-0.3, -0.25) is 0 Å². The highest BCUT2D eigenvalue weighted by atomic mass is 14.1. The molecule has 34 heavy (non-hydrogen) atoms. The summed E-state index contributed by atoms with van der Waals surface area (Å²) in [5.74, 6) is 2.00. The smallest absolute Gasteiger partial charge is 0.0414 e. The fraction of sp³-hybridized carbons (Fsp3) is 1.00. The Morgan fingerprint density at radius 1 is 0.294 bits per heavy atom. The fourth-order valence-electron chi connectivity index (χ4n) is 5.84. The summed E-state index contributed by atoms with van der Waals surface area (Å²) in [6.07, 6.45) is 41.3. The minimum atomic E-state index is 0.959. The molecule has 0 rings (SSSR count). The maximum atomic E-state index is 2.44. The summed E-state index contributed by atoms with van der Waals surface area (Å²) in [6.45, 7) is 9.41. The van der Waals surface area contributed by atoms with Gasteiger partial charge in [-0.15, -0.1) is 0 Å². The van der Waals surface area contributed by atoms with Crippen LogP contribution in [0.25, 0.3) is 0 Å². The molecule has 0 aromatic rings. The molecule has 0 nitrogen and oxygen atoms in total. The molecule has 0 amide bonds. The van der Waals surface area contributed by atoms with E-state index in [0.29, 0.717) is 0 Å². The average molecular weight is 479 g/mol. The van der Waals surface area contributed by atoms with Gasteiger partial charge < -0.3 is 0 Å². The Morgan fingerprint density at radius 2 is 0.588 bits per heavy atom. The Kier molecular flexibility index (Phi) is 29.2. The van der Waals surface area contributed by atoms with Gasteiger partial charge in [0.1, 0.15) is 0 Å². The van der Waals surface area contributed by atoms with Gasteiger partial charge >= 0.3 is 0 Å². The quantitative estimate of drug-likeness (QED) is 0.0937. The standard InChI is InChI=1S/C34H70/c1-5-8-10-12-17-22-26-31-34(30-25-21-13-11-9-6-2)32-27-23-19-16-14-15-18-20-24-29-33(4)28-7-3/h33-34H,5-32H2,1-4H3. The second-order valence-electron chi connectivity index (χ2n) is 12.0.